The van der Waals surface area contributed by atoms with Crippen LogP contribution in [-0.2, 0) is 0 Å². The van der Waals surface area contributed by atoms with Gasteiger partial charge in [-0.25, -0.2) is 4.98 Å². The molecule has 2 aromatic heterocycles. The molecule has 0 bridgehead atoms. The van der Waals surface area contributed by atoms with E-state index in [-0.39, 0.29) is 5.54 Å². The van der Waals surface area contributed by atoms with Gasteiger partial charge in [-0.05, 0) is 39.8 Å². The average Bonchev–Trinajstić information content (AvgIpc) is 2.63. The van der Waals surface area contributed by atoms with E-state index in [1.807, 2.05) is 45.9 Å². The van der Waals surface area contributed by atoms with E-state index >= 15 is 0 Å². The summed E-state index contributed by atoms with van der Waals surface area (Å²) in [4.78, 5) is 8.60. The highest BCUT2D eigenvalue weighted by molar-refractivity contribution is 5.50. The summed E-state index contributed by atoms with van der Waals surface area (Å²) in [5.41, 5.74) is 1.54. The summed E-state index contributed by atoms with van der Waals surface area (Å²) in [6.45, 7) is 8.02. The van der Waals surface area contributed by atoms with Crippen molar-refractivity contribution in [1.29, 1.82) is 0 Å². The molecule has 0 aromatic carbocycles. The van der Waals surface area contributed by atoms with Crippen molar-refractivity contribution in [3.8, 4) is 11.5 Å². The van der Waals surface area contributed by atoms with Crippen molar-refractivity contribution >= 4 is 6.01 Å². The lowest BCUT2D eigenvalue weighted by Crippen LogP contribution is -2.26. The second-order valence-corrected chi connectivity index (χ2v) is 4.96. The van der Waals surface area contributed by atoms with Gasteiger partial charge in [-0.1, -0.05) is 11.2 Å². The predicted octanol–water partition coefficient (Wildman–Crippen LogP) is 2.65. The Kier molecular flexibility index (Phi) is 2.83. The molecule has 2 rings (SSSR count). The highest BCUT2D eigenvalue weighted by atomic mass is 16.5. The third-order valence-corrected chi connectivity index (χ3v) is 2.03. The number of nitrogens with zero attached hydrogens (tertiary/aromatic N) is 3. The van der Waals surface area contributed by atoms with Gasteiger partial charge in [0.1, 0.15) is 5.69 Å². The second-order valence-electron chi connectivity index (χ2n) is 4.96. The van der Waals surface area contributed by atoms with E-state index in [9.17, 15) is 0 Å². The first kappa shape index (κ1) is 11.6. The van der Waals surface area contributed by atoms with Gasteiger partial charge in [0.15, 0.2) is 0 Å². The molecule has 5 heteroatoms. The molecule has 0 saturated heterocycles. The Labute approximate surface area is 100 Å². The molecule has 1 N–H and O–H groups in total. The minimum Gasteiger partial charge on any atom is -0.333 e. The van der Waals surface area contributed by atoms with Crippen LogP contribution in [0.1, 0.15) is 26.5 Å². The standard InChI is InChI=1S/C12H16N4O/c1-8-6-5-7-9(13-8)10-14-11(17-16-10)15-12(2,3)4/h5-7H,1-4H3,(H,14,15,16). The third kappa shape index (κ3) is 3.03. The topological polar surface area (TPSA) is 63.8 Å². The number of hydrogen-bond acceptors (Lipinski definition) is 5. The Morgan fingerprint density at radius 3 is 2.59 bits per heavy atom. The normalized spacial score (nSPS) is 11.5. The predicted molar refractivity (Wildman–Crippen MR) is 65.6 cm³/mol. The molecular formula is C12H16N4O. The number of rotatable bonds is 2. The summed E-state index contributed by atoms with van der Waals surface area (Å²) < 4.78 is 5.12. The van der Waals surface area contributed by atoms with E-state index in [1.54, 1.807) is 0 Å². The first-order valence-electron chi connectivity index (χ1n) is 5.50. The van der Waals surface area contributed by atoms with Gasteiger partial charge < -0.3 is 9.84 Å². The number of aromatic nitrogens is 3. The van der Waals surface area contributed by atoms with Gasteiger partial charge in [0.05, 0.1) is 0 Å². The van der Waals surface area contributed by atoms with Gasteiger partial charge in [0.25, 0.3) is 0 Å². The molecule has 0 aliphatic carbocycles. The molecule has 0 aliphatic heterocycles. The lowest BCUT2D eigenvalue weighted by molar-refractivity contribution is 0.420. The van der Waals surface area contributed by atoms with Crippen molar-refractivity contribution in [3.63, 3.8) is 0 Å². The van der Waals surface area contributed by atoms with Crippen LogP contribution in [0.5, 0.6) is 0 Å². The Bertz CT molecular complexity index is 513. The zero-order chi connectivity index (χ0) is 12.5. The maximum Gasteiger partial charge on any atom is 0.322 e. The van der Waals surface area contributed by atoms with Crippen molar-refractivity contribution in [2.45, 2.75) is 33.2 Å². The number of anilines is 1. The van der Waals surface area contributed by atoms with Gasteiger partial charge in [-0.2, -0.15) is 4.98 Å². The molecule has 0 unspecified atom stereocenters. The number of pyridine rings is 1. The van der Waals surface area contributed by atoms with Gasteiger partial charge in [0, 0.05) is 11.2 Å². The minimum absolute atomic E-state index is 0.107. The Morgan fingerprint density at radius 1 is 1.18 bits per heavy atom. The monoisotopic (exact) mass is 232 g/mol. The third-order valence-electron chi connectivity index (χ3n) is 2.03. The molecule has 0 aliphatic rings. The quantitative estimate of drug-likeness (QED) is 0.862. The van der Waals surface area contributed by atoms with E-state index in [2.05, 4.69) is 20.4 Å². The van der Waals surface area contributed by atoms with Crippen LogP contribution in [0.3, 0.4) is 0 Å². The van der Waals surface area contributed by atoms with Crippen LogP contribution in [0.25, 0.3) is 11.5 Å². The van der Waals surface area contributed by atoms with E-state index < -0.39 is 0 Å². The van der Waals surface area contributed by atoms with Crippen LogP contribution in [0, 0.1) is 6.92 Å². The zero-order valence-electron chi connectivity index (χ0n) is 10.5. The van der Waals surface area contributed by atoms with Crippen molar-refractivity contribution in [1.82, 2.24) is 15.1 Å². The van der Waals surface area contributed by atoms with E-state index in [0.29, 0.717) is 11.8 Å². The van der Waals surface area contributed by atoms with E-state index in [0.717, 1.165) is 11.4 Å². The van der Waals surface area contributed by atoms with Crippen LogP contribution < -0.4 is 5.32 Å². The van der Waals surface area contributed by atoms with E-state index in [1.165, 1.54) is 0 Å². The van der Waals surface area contributed by atoms with Gasteiger partial charge >= 0.3 is 6.01 Å². The summed E-state index contributed by atoms with van der Waals surface area (Å²) in [5, 5.41) is 7.02. The Hall–Kier alpha value is -1.91. The maximum absolute atomic E-state index is 5.12. The molecule has 0 fully saturated rings. The summed E-state index contributed by atoms with van der Waals surface area (Å²) in [6, 6.07) is 6.12. The largest absolute Gasteiger partial charge is 0.333 e. The molecule has 0 amide bonds. The first-order valence-corrected chi connectivity index (χ1v) is 5.50. The van der Waals surface area contributed by atoms with Crippen molar-refractivity contribution in [2.75, 3.05) is 5.32 Å². The van der Waals surface area contributed by atoms with Crippen LogP contribution >= 0.6 is 0 Å². The molecule has 0 atom stereocenters. The SMILES string of the molecule is Cc1cccc(-c2noc(NC(C)(C)C)n2)n1. The molecule has 0 radical (unpaired) electrons. The molecule has 90 valence electrons. The molecular weight excluding hydrogens is 216 g/mol. The average molecular weight is 232 g/mol. The molecule has 5 nitrogen and oxygen atoms in total. The van der Waals surface area contributed by atoms with Crippen LogP contribution in [-0.4, -0.2) is 20.7 Å². The van der Waals surface area contributed by atoms with Crippen molar-refractivity contribution in [2.24, 2.45) is 0 Å². The lowest BCUT2D eigenvalue weighted by atomic mass is 10.1. The molecule has 2 heterocycles. The fraction of sp³-hybridized carbons (Fsp3) is 0.417. The Morgan fingerprint density at radius 2 is 1.94 bits per heavy atom. The van der Waals surface area contributed by atoms with Crippen molar-refractivity contribution in [3.05, 3.63) is 23.9 Å². The summed E-state index contributed by atoms with van der Waals surface area (Å²) in [6.07, 6.45) is 0. The van der Waals surface area contributed by atoms with Crippen LogP contribution in [0.15, 0.2) is 22.7 Å². The lowest BCUT2D eigenvalue weighted by Gasteiger charge is -2.17. The number of hydrogen-bond donors (Lipinski definition) is 1. The smallest absolute Gasteiger partial charge is 0.322 e. The maximum atomic E-state index is 5.12. The Balaban J connectivity index is 2.24. The summed E-state index contributed by atoms with van der Waals surface area (Å²) in [5.74, 6) is 0.500. The fourth-order valence-electron chi connectivity index (χ4n) is 1.37. The van der Waals surface area contributed by atoms with Gasteiger partial charge in [-0.3, -0.25) is 0 Å². The minimum atomic E-state index is -0.107. The molecule has 17 heavy (non-hydrogen) atoms. The summed E-state index contributed by atoms with van der Waals surface area (Å²) >= 11 is 0. The second kappa shape index (κ2) is 4.16. The number of nitrogens with one attached hydrogen (secondary N) is 1. The molecule has 0 saturated carbocycles. The summed E-state index contributed by atoms with van der Waals surface area (Å²) in [7, 11) is 0. The molecule has 2 aromatic rings. The van der Waals surface area contributed by atoms with Crippen LogP contribution in [0.2, 0.25) is 0 Å². The number of aryl methyl sites for hydroxylation is 1. The molecule has 0 spiro atoms. The first-order chi connectivity index (χ1) is 7.94. The van der Waals surface area contributed by atoms with Crippen molar-refractivity contribution < 1.29 is 4.52 Å². The van der Waals surface area contributed by atoms with Crippen LogP contribution in [0.4, 0.5) is 6.01 Å². The fourth-order valence-corrected chi connectivity index (χ4v) is 1.37. The van der Waals surface area contributed by atoms with Gasteiger partial charge in [0.2, 0.25) is 5.82 Å². The van der Waals surface area contributed by atoms with E-state index in [4.69, 9.17) is 4.52 Å². The highest BCUT2D eigenvalue weighted by Gasteiger charge is 2.15. The van der Waals surface area contributed by atoms with Gasteiger partial charge in [-0.15, -0.1) is 0 Å². The highest BCUT2D eigenvalue weighted by Crippen LogP contribution is 2.18. The zero-order valence-corrected chi connectivity index (χ0v) is 10.5.